The van der Waals surface area contributed by atoms with Gasteiger partial charge in [-0.1, -0.05) is 29.8 Å². The van der Waals surface area contributed by atoms with E-state index in [0.717, 1.165) is 5.75 Å². The van der Waals surface area contributed by atoms with Gasteiger partial charge in [-0.2, -0.15) is 0 Å². The van der Waals surface area contributed by atoms with Crippen molar-refractivity contribution in [1.82, 2.24) is 10.2 Å². The van der Waals surface area contributed by atoms with Crippen LogP contribution in [0.25, 0.3) is 11.5 Å². The van der Waals surface area contributed by atoms with E-state index in [9.17, 15) is 0 Å². The standard InChI is InChI=1S/C17H15ClN2O2/c1-11-7-8-13(9-12(11)2)21-10-16-19-20-17(22-16)14-5-3-4-6-15(14)18/h3-9H,10H2,1-2H3. The number of rotatable bonds is 4. The number of halogens is 1. The van der Waals surface area contributed by atoms with E-state index in [1.54, 1.807) is 6.07 Å². The Morgan fingerprint density at radius 1 is 1.05 bits per heavy atom. The largest absolute Gasteiger partial charge is 0.484 e. The average molecular weight is 315 g/mol. The molecule has 22 heavy (non-hydrogen) atoms. The van der Waals surface area contributed by atoms with Crippen LogP contribution < -0.4 is 4.74 Å². The molecule has 0 aliphatic rings. The van der Waals surface area contributed by atoms with Crippen molar-refractivity contribution in [2.45, 2.75) is 20.5 Å². The third kappa shape index (κ3) is 3.12. The smallest absolute Gasteiger partial charge is 0.254 e. The van der Waals surface area contributed by atoms with E-state index in [1.807, 2.05) is 43.3 Å². The Kier molecular flexibility index (Phi) is 4.11. The van der Waals surface area contributed by atoms with Gasteiger partial charge in [-0.05, 0) is 49.2 Å². The van der Waals surface area contributed by atoms with Crippen molar-refractivity contribution in [2.75, 3.05) is 0 Å². The summed E-state index contributed by atoms with van der Waals surface area (Å²) in [6.07, 6.45) is 0. The molecule has 1 aromatic heterocycles. The van der Waals surface area contributed by atoms with Crippen molar-refractivity contribution in [3.05, 3.63) is 64.5 Å². The molecule has 0 spiro atoms. The second kappa shape index (κ2) is 6.20. The van der Waals surface area contributed by atoms with Crippen LogP contribution in [0, 0.1) is 13.8 Å². The molecule has 112 valence electrons. The quantitative estimate of drug-likeness (QED) is 0.707. The van der Waals surface area contributed by atoms with Gasteiger partial charge in [0.05, 0.1) is 10.6 Å². The Morgan fingerprint density at radius 3 is 2.64 bits per heavy atom. The van der Waals surface area contributed by atoms with E-state index < -0.39 is 0 Å². The molecule has 1 heterocycles. The van der Waals surface area contributed by atoms with Crippen molar-refractivity contribution < 1.29 is 9.15 Å². The summed E-state index contributed by atoms with van der Waals surface area (Å²) in [5.74, 6) is 1.58. The van der Waals surface area contributed by atoms with Crippen molar-refractivity contribution >= 4 is 11.6 Å². The first kappa shape index (κ1) is 14.6. The summed E-state index contributed by atoms with van der Waals surface area (Å²) in [6, 6.07) is 13.3. The maximum absolute atomic E-state index is 6.11. The van der Waals surface area contributed by atoms with Crippen molar-refractivity contribution in [2.24, 2.45) is 0 Å². The fraction of sp³-hybridized carbons (Fsp3) is 0.176. The zero-order valence-electron chi connectivity index (χ0n) is 12.3. The van der Waals surface area contributed by atoms with Gasteiger partial charge in [0, 0.05) is 0 Å². The van der Waals surface area contributed by atoms with Gasteiger partial charge in [0.25, 0.3) is 5.89 Å². The number of hydrogen-bond donors (Lipinski definition) is 0. The van der Waals surface area contributed by atoms with Gasteiger partial charge in [0.2, 0.25) is 5.89 Å². The van der Waals surface area contributed by atoms with Crippen molar-refractivity contribution in [3.8, 4) is 17.2 Å². The summed E-state index contributed by atoms with van der Waals surface area (Å²) in [5, 5.41) is 8.58. The average Bonchev–Trinajstić information content (AvgIpc) is 2.98. The number of aryl methyl sites for hydroxylation is 2. The predicted molar refractivity (Wildman–Crippen MR) is 85.0 cm³/mol. The van der Waals surface area contributed by atoms with Crippen LogP contribution >= 0.6 is 11.6 Å². The molecule has 0 aliphatic carbocycles. The third-order valence-corrected chi connectivity index (χ3v) is 3.74. The van der Waals surface area contributed by atoms with E-state index in [0.29, 0.717) is 22.4 Å². The van der Waals surface area contributed by atoms with Gasteiger partial charge >= 0.3 is 0 Å². The maximum atomic E-state index is 6.11. The zero-order chi connectivity index (χ0) is 15.5. The minimum atomic E-state index is 0.222. The summed E-state index contributed by atoms with van der Waals surface area (Å²) < 4.78 is 11.3. The van der Waals surface area contributed by atoms with Gasteiger partial charge in [0.15, 0.2) is 6.61 Å². The van der Waals surface area contributed by atoms with E-state index >= 15 is 0 Å². The second-order valence-electron chi connectivity index (χ2n) is 5.02. The Balaban J connectivity index is 1.72. The second-order valence-corrected chi connectivity index (χ2v) is 5.42. The van der Waals surface area contributed by atoms with E-state index in [-0.39, 0.29) is 6.61 Å². The summed E-state index contributed by atoms with van der Waals surface area (Å²) in [7, 11) is 0. The number of nitrogens with zero attached hydrogens (tertiary/aromatic N) is 2. The Morgan fingerprint density at radius 2 is 1.86 bits per heavy atom. The highest BCUT2D eigenvalue weighted by atomic mass is 35.5. The van der Waals surface area contributed by atoms with Crippen molar-refractivity contribution in [3.63, 3.8) is 0 Å². The molecule has 0 atom stereocenters. The molecule has 0 saturated carbocycles. The van der Waals surface area contributed by atoms with Crippen LogP contribution in [0.3, 0.4) is 0 Å². The van der Waals surface area contributed by atoms with Gasteiger partial charge < -0.3 is 9.15 Å². The number of aromatic nitrogens is 2. The highest BCUT2D eigenvalue weighted by Gasteiger charge is 2.11. The summed E-state index contributed by atoms with van der Waals surface area (Å²) in [5.41, 5.74) is 3.13. The lowest BCUT2D eigenvalue weighted by Crippen LogP contribution is -1.96. The topological polar surface area (TPSA) is 48.2 Å². The van der Waals surface area contributed by atoms with Crippen LogP contribution in [-0.4, -0.2) is 10.2 Å². The number of ether oxygens (including phenoxy) is 1. The lowest BCUT2D eigenvalue weighted by atomic mass is 10.1. The summed E-state index contributed by atoms with van der Waals surface area (Å²) in [4.78, 5) is 0. The molecule has 3 rings (SSSR count). The molecule has 0 unspecified atom stereocenters. The molecule has 0 fully saturated rings. The molecule has 4 nitrogen and oxygen atoms in total. The van der Waals surface area contributed by atoms with Crippen LogP contribution in [0.5, 0.6) is 5.75 Å². The lowest BCUT2D eigenvalue weighted by Gasteiger charge is -2.06. The molecule has 0 N–H and O–H groups in total. The minimum Gasteiger partial charge on any atom is -0.484 e. The lowest BCUT2D eigenvalue weighted by molar-refractivity contribution is 0.264. The first-order valence-electron chi connectivity index (χ1n) is 6.91. The van der Waals surface area contributed by atoms with Crippen LogP contribution in [0.1, 0.15) is 17.0 Å². The van der Waals surface area contributed by atoms with E-state index in [1.165, 1.54) is 11.1 Å². The Hall–Kier alpha value is -2.33. The van der Waals surface area contributed by atoms with Gasteiger partial charge in [-0.15, -0.1) is 10.2 Å². The van der Waals surface area contributed by atoms with E-state index in [2.05, 4.69) is 17.1 Å². The fourth-order valence-electron chi connectivity index (χ4n) is 2.00. The van der Waals surface area contributed by atoms with Crippen LogP contribution in [0.2, 0.25) is 5.02 Å². The fourth-order valence-corrected chi connectivity index (χ4v) is 2.22. The molecule has 0 radical (unpaired) electrons. The molecule has 5 heteroatoms. The number of hydrogen-bond acceptors (Lipinski definition) is 4. The van der Waals surface area contributed by atoms with Crippen LogP contribution in [-0.2, 0) is 6.61 Å². The predicted octanol–water partition coefficient (Wildman–Crippen LogP) is 4.59. The molecule has 0 aliphatic heterocycles. The summed E-state index contributed by atoms with van der Waals surface area (Å²) >= 11 is 6.11. The first-order chi connectivity index (χ1) is 10.6. The molecular formula is C17H15ClN2O2. The van der Waals surface area contributed by atoms with Gasteiger partial charge in [0.1, 0.15) is 5.75 Å². The molecule has 3 aromatic rings. The van der Waals surface area contributed by atoms with E-state index in [4.69, 9.17) is 20.8 Å². The van der Waals surface area contributed by atoms with Crippen molar-refractivity contribution in [1.29, 1.82) is 0 Å². The molecule has 0 bridgehead atoms. The molecule has 2 aromatic carbocycles. The minimum absolute atomic E-state index is 0.222. The number of benzene rings is 2. The SMILES string of the molecule is Cc1ccc(OCc2nnc(-c3ccccc3Cl)o2)cc1C. The van der Waals surface area contributed by atoms with Crippen LogP contribution in [0.4, 0.5) is 0 Å². The Labute approximate surface area is 133 Å². The monoisotopic (exact) mass is 314 g/mol. The maximum Gasteiger partial charge on any atom is 0.254 e. The van der Waals surface area contributed by atoms with Gasteiger partial charge in [-0.3, -0.25) is 0 Å². The summed E-state index contributed by atoms with van der Waals surface area (Å²) in [6.45, 7) is 4.33. The Bertz CT molecular complexity index is 799. The normalized spacial score (nSPS) is 10.7. The highest BCUT2D eigenvalue weighted by molar-refractivity contribution is 6.33. The first-order valence-corrected chi connectivity index (χ1v) is 7.28. The molecular weight excluding hydrogens is 300 g/mol. The highest BCUT2D eigenvalue weighted by Crippen LogP contribution is 2.26. The zero-order valence-corrected chi connectivity index (χ0v) is 13.1. The molecule has 0 amide bonds. The van der Waals surface area contributed by atoms with Crippen LogP contribution in [0.15, 0.2) is 46.9 Å². The van der Waals surface area contributed by atoms with Gasteiger partial charge in [-0.25, -0.2) is 0 Å². The third-order valence-electron chi connectivity index (χ3n) is 3.41. The molecule has 0 saturated heterocycles.